The van der Waals surface area contributed by atoms with E-state index in [1.807, 2.05) is 0 Å². The molecule has 3 aliphatic heterocycles. The third-order valence-corrected chi connectivity index (χ3v) is 4.83. The summed E-state index contributed by atoms with van der Waals surface area (Å²) in [5, 5.41) is 0. The van der Waals surface area contributed by atoms with Crippen LogP contribution in [0.5, 0.6) is 0 Å². The summed E-state index contributed by atoms with van der Waals surface area (Å²) in [5.74, 6) is 0.441. The standard InChI is InChI=1S/C15H21N3O6/c19-13-16(1-10-4-22-5-10)14(20)18(3-12-8-24-9-12)15(21)17(13)2-11-6-23-7-11/h10-12H,1-9H2. The van der Waals surface area contributed by atoms with Crippen molar-refractivity contribution in [3.05, 3.63) is 31.5 Å². The zero-order valence-electron chi connectivity index (χ0n) is 13.4. The molecule has 0 unspecified atom stereocenters. The maximum Gasteiger partial charge on any atom is 0.336 e. The number of ether oxygens (including phenoxy) is 3. The summed E-state index contributed by atoms with van der Waals surface area (Å²) >= 11 is 0. The summed E-state index contributed by atoms with van der Waals surface area (Å²) in [6, 6.07) is 0. The van der Waals surface area contributed by atoms with Crippen molar-refractivity contribution in [1.29, 1.82) is 0 Å². The number of hydrogen-bond acceptors (Lipinski definition) is 6. The number of rotatable bonds is 6. The number of nitrogens with zero attached hydrogens (tertiary/aromatic N) is 3. The average molecular weight is 339 g/mol. The fraction of sp³-hybridized carbons (Fsp3) is 0.800. The highest BCUT2D eigenvalue weighted by atomic mass is 16.5. The number of aromatic nitrogens is 3. The van der Waals surface area contributed by atoms with Gasteiger partial charge < -0.3 is 14.2 Å². The zero-order chi connectivity index (χ0) is 16.7. The lowest BCUT2D eigenvalue weighted by Crippen LogP contribution is -2.58. The second-order valence-corrected chi connectivity index (χ2v) is 6.89. The minimum atomic E-state index is -0.523. The van der Waals surface area contributed by atoms with Crippen molar-refractivity contribution in [2.24, 2.45) is 17.8 Å². The molecule has 0 radical (unpaired) electrons. The van der Waals surface area contributed by atoms with E-state index >= 15 is 0 Å². The van der Waals surface area contributed by atoms with Crippen LogP contribution in [0.15, 0.2) is 14.4 Å². The van der Waals surface area contributed by atoms with Gasteiger partial charge in [0.15, 0.2) is 0 Å². The molecular formula is C15H21N3O6. The monoisotopic (exact) mass is 339 g/mol. The Labute approximate surface area is 137 Å². The second-order valence-electron chi connectivity index (χ2n) is 6.89. The molecule has 4 heterocycles. The van der Waals surface area contributed by atoms with E-state index in [1.54, 1.807) is 0 Å². The highest BCUT2D eigenvalue weighted by Gasteiger charge is 2.28. The largest absolute Gasteiger partial charge is 0.381 e. The highest BCUT2D eigenvalue weighted by Crippen LogP contribution is 2.13. The molecule has 0 aromatic carbocycles. The first-order valence-corrected chi connectivity index (χ1v) is 8.31. The summed E-state index contributed by atoms with van der Waals surface area (Å²) in [7, 11) is 0. The SMILES string of the molecule is O=c1n(CC2COC2)c(=O)n(CC2COC2)c(=O)n1CC1COC1. The zero-order valence-corrected chi connectivity index (χ0v) is 13.4. The van der Waals surface area contributed by atoms with Gasteiger partial charge in [0.05, 0.1) is 39.6 Å². The maximum absolute atomic E-state index is 12.7. The van der Waals surface area contributed by atoms with Crippen LogP contribution in [0.25, 0.3) is 0 Å². The fourth-order valence-corrected chi connectivity index (χ4v) is 3.10. The third-order valence-electron chi connectivity index (χ3n) is 4.83. The van der Waals surface area contributed by atoms with Crippen LogP contribution in [0.1, 0.15) is 0 Å². The van der Waals surface area contributed by atoms with Crippen molar-refractivity contribution in [1.82, 2.24) is 13.7 Å². The van der Waals surface area contributed by atoms with E-state index in [1.165, 1.54) is 13.7 Å². The lowest BCUT2D eigenvalue weighted by molar-refractivity contribution is -0.0475. The van der Waals surface area contributed by atoms with Crippen LogP contribution < -0.4 is 17.1 Å². The van der Waals surface area contributed by atoms with Gasteiger partial charge in [-0.1, -0.05) is 0 Å². The smallest absolute Gasteiger partial charge is 0.336 e. The van der Waals surface area contributed by atoms with Crippen LogP contribution in [-0.4, -0.2) is 53.3 Å². The van der Waals surface area contributed by atoms with Gasteiger partial charge in [0.2, 0.25) is 0 Å². The van der Waals surface area contributed by atoms with E-state index in [4.69, 9.17) is 14.2 Å². The van der Waals surface area contributed by atoms with Crippen LogP contribution in [0.3, 0.4) is 0 Å². The third kappa shape index (κ3) is 2.76. The molecule has 0 atom stereocenters. The van der Waals surface area contributed by atoms with Gasteiger partial charge in [-0.15, -0.1) is 0 Å². The van der Waals surface area contributed by atoms with E-state index in [0.29, 0.717) is 59.3 Å². The predicted molar refractivity (Wildman–Crippen MR) is 82.1 cm³/mol. The molecule has 0 amide bonds. The summed E-state index contributed by atoms with van der Waals surface area (Å²) < 4.78 is 18.9. The minimum absolute atomic E-state index is 0.147. The Hall–Kier alpha value is -1.71. The van der Waals surface area contributed by atoms with Crippen LogP contribution >= 0.6 is 0 Å². The Morgan fingerprint density at radius 2 is 0.833 bits per heavy atom. The van der Waals surface area contributed by atoms with Crippen molar-refractivity contribution in [2.75, 3.05) is 39.6 Å². The summed E-state index contributed by atoms with van der Waals surface area (Å²) in [6.07, 6.45) is 0. The fourth-order valence-electron chi connectivity index (χ4n) is 3.10. The van der Waals surface area contributed by atoms with Crippen molar-refractivity contribution >= 4 is 0 Å². The van der Waals surface area contributed by atoms with E-state index in [0.717, 1.165) is 0 Å². The molecule has 24 heavy (non-hydrogen) atoms. The number of hydrogen-bond donors (Lipinski definition) is 0. The predicted octanol–water partition coefficient (Wildman–Crippen LogP) is -1.89. The first-order valence-electron chi connectivity index (χ1n) is 8.31. The Bertz CT molecular complexity index is 647. The molecule has 3 saturated heterocycles. The molecule has 0 spiro atoms. The Balaban J connectivity index is 1.73. The highest BCUT2D eigenvalue weighted by molar-refractivity contribution is 4.84. The molecular weight excluding hydrogens is 318 g/mol. The molecule has 1 aromatic rings. The van der Waals surface area contributed by atoms with Crippen LogP contribution in [0.2, 0.25) is 0 Å². The molecule has 0 N–H and O–H groups in total. The van der Waals surface area contributed by atoms with E-state index in [9.17, 15) is 14.4 Å². The molecule has 3 aliphatic rings. The first kappa shape index (κ1) is 15.8. The van der Waals surface area contributed by atoms with Gasteiger partial charge in [-0.3, -0.25) is 0 Å². The second kappa shape index (κ2) is 6.30. The maximum atomic E-state index is 12.7. The molecule has 9 heteroatoms. The molecule has 0 bridgehead atoms. The topological polar surface area (TPSA) is 93.7 Å². The van der Waals surface area contributed by atoms with Crippen LogP contribution in [0.4, 0.5) is 0 Å². The molecule has 0 aliphatic carbocycles. The van der Waals surface area contributed by atoms with Gasteiger partial charge in [0.1, 0.15) is 0 Å². The van der Waals surface area contributed by atoms with Gasteiger partial charge in [0.25, 0.3) is 0 Å². The molecule has 0 saturated carbocycles. The molecule has 4 rings (SSSR count). The van der Waals surface area contributed by atoms with E-state index in [2.05, 4.69) is 0 Å². The minimum Gasteiger partial charge on any atom is -0.381 e. The van der Waals surface area contributed by atoms with Gasteiger partial charge in [-0.25, -0.2) is 28.1 Å². The lowest BCUT2D eigenvalue weighted by Gasteiger charge is -2.30. The summed E-state index contributed by atoms with van der Waals surface area (Å²) in [5.41, 5.74) is -1.57. The van der Waals surface area contributed by atoms with Crippen molar-refractivity contribution in [3.8, 4) is 0 Å². The van der Waals surface area contributed by atoms with Gasteiger partial charge in [-0.05, 0) is 0 Å². The van der Waals surface area contributed by atoms with E-state index < -0.39 is 17.1 Å². The summed E-state index contributed by atoms with van der Waals surface area (Å²) in [4.78, 5) is 38.1. The Kier molecular flexibility index (Phi) is 4.15. The molecule has 3 fully saturated rings. The van der Waals surface area contributed by atoms with E-state index in [-0.39, 0.29) is 17.8 Å². The molecule has 9 nitrogen and oxygen atoms in total. The molecule has 1 aromatic heterocycles. The van der Waals surface area contributed by atoms with Crippen molar-refractivity contribution < 1.29 is 14.2 Å². The summed E-state index contributed by atoms with van der Waals surface area (Å²) in [6.45, 7) is 4.11. The van der Waals surface area contributed by atoms with Crippen LogP contribution in [0, 0.1) is 17.8 Å². The van der Waals surface area contributed by atoms with Crippen molar-refractivity contribution in [3.63, 3.8) is 0 Å². The normalized spacial score (nSPS) is 22.0. The van der Waals surface area contributed by atoms with Crippen LogP contribution in [-0.2, 0) is 33.8 Å². The van der Waals surface area contributed by atoms with Gasteiger partial charge in [0, 0.05) is 37.4 Å². The Morgan fingerprint density at radius 3 is 1.00 bits per heavy atom. The average Bonchev–Trinajstić information content (AvgIpc) is 2.41. The van der Waals surface area contributed by atoms with Crippen molar-refractivity contribution in [2.45, 2.75) is 19.6 Å². The molecule has 132 valence electrons. The quantitative estimate of drug-likeness (QED) is 0.602. The lowest BCUT2D eigenvalue weighted by atomic mass is 10.1. The Morgan fingerprint density at radius 1 is 0.583 bits per heavy atom. The first-order chi connectivity index (χ1) is 11.6. The van der Waals surface area contributed by atoms with Gasteiger partial charge >= 0.3 is 17.1 Å². The van der Waals surface area contributed by atoms with Gasteiger partial charge in [-0.2, -0.15) is 0 Å².